The second kappa shape index (κ2) is 5.49. The van der Waals surface area contributed by atoms with Crippen LogP contribution in [-0.2, 0) is 0 Å². The molecule has 8 heteroatoms. The molecule has 0 radical (unpaired) electrons. The lowest BCUT2D eigenvalue weighted by molar-refractivity contribution is 0.0697. The minimum Gasteiger partial charge on any atom is -0.478 e. The summed E-state index contributed by atoms with van der Waals surface area (Å²) in [6, 6.07) is 2.68. The summed E-state index contributed by atoms with van der Waals surface area (Å²) < 4.78 is 39.4. The number of aromatic nitrogens is 1. The van der Waals surface area contributed by atoms with E-state index in [0.717, 1.165) is 0 Å². The number of pyridine rings is 1. The Morgan fingerprint density at radius 3 is 2.35 bits per heavy atom. The third kappa shape index (κ3) is 2.90. The summed E-state index contributed by atoms with van der Waals surface area (Å²) in [6.45, 7) is 0. The Labute approximate surface area is 119 Å². The summed E-state index contributed by atoms with van der Waals surface area (Å²) in [5.41, 5.74) is -0.358. The first-order valence-corrected chi connectivity index (χ1v) is 5.98. The summed E-state index contributed by atoms with van der Waals surface area (Å²) in [7, 11) is 0. The van der Waals surface area contributed by atoms with Gasteiger partial charge in [-0.25, -0.2) is 22.9 Å². The van der Waals surface area contributed by atoms with E-state index < -0.39 is 23.4 Å². The Balaban J connectivity index is 2.42. The molecule has 0 fully saturated rings. The molecule has 20 heavy (non-hydrogen) atoms. The van der Waals surface area contributed by atoms with E-state index in [-0.39, 0.29) is 17.1 Å². The van der Waals surface area contributed by atoms with Crippen LogP contribution in [0.25, 0.3) is 0 Å². The predicted molar refractivity (Wildman–Crippen MR) is 68.5 cm³/mol. The van der Waals surface area contributed by atoms with Crippen molar-refractivity contribution in [2.24, 2.45) is 0 Å². The average molecular weight is 347 g/mol. The van der Waals surface area contributed by atoms with Crippen molar-refractivity contribution >= 4 is 33.4 Å². The number of anilines is 2. The molecule has 1 aromatic carbocycles. The molecule has 0 amide bonds. The van der Waals surface area contributed by atoms with Gasteiger partial charge in [-0.1, -0.05) is 0 Å². The first kappa shape index (κ1) is 14.3. The second-order valence-electron chi connectivity index (χ2n) is 3.73. The third-order valence-corrected chi connectivity index (χ3v) is 2.76. The van der Waals surface area contributed by atoms with E-state index >= 15 is 0 Å². The third-order valence-electron chi connectivity index (χ3n) is 2.33. The molecule has 0 atom stereocenters. The molecule has 0 aliphatic heterocycles. The number of carboxylic acid groups (broad SMARTS) is 1. The number of rotatable bonds is 3. The van der Waals surface area contributed by atoms with Crippen LogP contribution in [0, 0.1) is 17.5 Å². The van der Waals surface area contributed by atoms with Crippen LogP contribution < -0.4 is 5.32 Å². The summed E-state index contributed by atoms with van der Waals surface area (Å²) >= 11 is 3.06. The highest BCUT2D eigenvalue weighted by Crippen LogP contribution is 2.24. The van der Waals surface area contributed by atoms with Crippen molar-refractivity contribution in [2.45, 2.75) is 0 Å². The smallest absolute Gasteiger partial charge is 0.339 e. The van der Waals surface area contributed by atoms with Gasteiger partial charge in [-0.2, -0.15) is 0 Å². The topological polar surface area (TPSA) is 62.2 Å². The first-order chi connectivity index (χ1) is 9.38. The highest BCUT2D eigenvalue weighted by atomic mass is 79.9. The second-order valence-corrected chi connectivity index (χ2v) is 4.65. The minimum absolute atomic E-state index is 0.119. The number of carboxylic acids is 1. The van der Waals surface area contributed by atoms with Gasteiger partial charge in [0.15, 0.2) is 17.5 Å². The van der Waals surface area contributed by atoms with Gasteiger partial charge in [-0.05, 0) is 22.0 Å². The van der Waals surface area contributed by atoms with Crippen molar-refractivity contribution in [3.8, 4) is 0 Å². The van der Waals surface area contributed by atoms with Gasteiger partial charge in [-0.15, -0.1) is 0 Å². The first-order valence-electron chi connectivity index (χ1n) is 5.19. The fourth-order valence-electron chi connectivity index (χ4n) is 1.47. The van der Waals surface area contributed by atoms with E-state index in [9.17, 15) is 18.0 Å². The van der Waals surface area contributed by atoms with E-state index in [2.05, 4.69) is 26.2 Å². The minimum atomic E-state index is -1.60. The molecule has 2 N–H and O–H groups in total. The Morgan fingerprint density at radius 2 is 1.80 bits per heavy atom. The van der Waals surface area contributed by atoms with E-state index in [1.165, 1.54) is 12.3 Å². The Bertz CT molecular complexity index is 671. The van der Waals surface area contributed by atoms with Crippen LogP contribution in [0.4, 0.5) is 24.7 Å². The lowest BCUT2D eigenvalue weighted by atomic mass is 10.2. The van der Waals surface area contributed by atoms with Gasteiger partial charge in [0.05, 0.1) is 0 Å². The van der Waals surface area contributed by atoms with Crippen molar-refractivity contribution in [1.82, 2.24) is 4.98 Å². The molecular formula is C12H6BrF3N2O2. The molecule has 1 aromatic heterocycles. The number of benzene rings is 1. The number of nitrogens with one attached hydrogen (secondary N) is 1. The standard InChI is InChI=1S/C12H6BrF3N2O2/c13-5-1-7(12(19)20)11(17-4-5)18-6-2-8(14)10(16)9(15)3-6/h1-4H,(H,17,18)(H,19,20). The summed E-state index contributed by atoms with van der Waals surface area (Å²) in [5, 5.41) is 11.4. The van der Waals surface area contributed by atoms with E-state index in [1.54, 1.807) is 0 Å². The average Bonchev–Trinajstić information content (AvgIpc) is 2.37. The van der Waals surface area contributed by atoms with E-state index in [0.29, 0.717) is 16.6 Å². The van der Waals surface area contributed by atoms with Crippen LogP contribution in [0.2, 0.25) is 0 Å². The summed E-state index contributed by atoms with van der Waals surface area (Å²) in [6.07, 6.45) is 1.31. The van der Waals surface area contributed by atoms with Crippen molar-refractivity contribution in [3.05, 3.63) is 51.9 Å². The monoisotopic (exact) mass is 346 g/mol. The Hall–Kier alpha value is -2.09. The molecule has 0 unspecified atom stereocenters. The zero-order valence-corrected chi connectivity index (χ0v) is 11.2. The molecule has 0 spiro atoms. The fourth-order valence-corrected chi connectivity index (χ4v) is 1.80. The summed E-state index contributed by atoms with van der Waals surface area (Å²) in [4.78, 5) is 14.8. The van der Waals surface area contributed by atoms with Gasteiger partial charge in [0.25, 0.3) is 0 Å². The summed E-state index contributed by atoms with van der Waals surface area (Å²) in [5.74, 6) is -5.77. The molecule has 2 rings (SSSR count). The van der Waals surface area contributed by atoms with Gasteiger partial charge in [0.1, 0.15) is 11.4 Å². The molecule has 2 aromatic rings. The molecule has 1 heterocycles. The maximum Gasteiger partial charge on any atom is 0.339 e. The molecule has 0 aliphatic carbocycles. The number of hydrogen-bond donors (Lipinski definition) is 2. The van der Waals surface area contributed by atoms with Gasteiger partial charge >= 0.3 is 5.97 Å². The quantitative estimate of drug-likeness (QED) is 0.831. The van der Waals surface area contributed by atoms with Gasteiger partial charge in [-0.3, -0.25) is 0 Å². The highest BCUT2D eigenvalue weighted by molar-refractivity contribution is 9.10. The zero-order valence-electron chi connectivity index (χ0n) is 9.62. The van der Waals surface area contributed by atoms with Crippen LogP contribution >= 0.6 is 15.9 Å². The molecule has 4 nitrogen and oxygen atoms in total. The van der Waals surface area contributed by atoms with Gasteiger partial charge in [0, 0.05) is 28.5 Å². The SMILES string of the molecule is O=C(O)c1cc(Br)cnc1Nc1cc(F)c(F)c(F)c1. The maximum absolute atomic E-state index is 13.1. The van der Waals surface area contributed by atoms with Crippen molar-refractivity contribution in [3.63, 3.8) is 0 Å². The van der Waals surface area contributed by atoms with Crippen molar-refractivity contribution in [2.75, 3.05) is 5.32 Å². The van der Waals surface area contributed by atoms with Crippen molar-refractivity contribution < 1.29 is 23.1 Å². The van der Waals surface area contributed by atoms with Gasteiger partial charge < -0.3 is 10.4 Å². The fraction of sp³-hybridized carbons (Fsp3) is 0. The maximum atomic E-state index is 13.1. The molecule has 104 valence electrons. The van der Waals surface area contributed by atoms with E-state index in [1.807, 2.05) is 0 Å². The molecular weight excluding hydrogens is 341 g/mol. The number of hydrogen-bond acceptors (Lipinski definition) is 3. The molecule has 0 saturated heterocycles. The lowest BCUT2D eigenvalue weighted by Crippen LogP contribution is -2.05. The Morgan fingerprint density at radius 1 is 1.20 bits per heavy atom. The van der Waals surface area contributed by atoms with Crippen LogP contribution in [0.5, 0.6) is 0 Å². The molecule has 0 saturated carbocycles. The van der Waals surface area contributed by atoms with E-state index in [4.69, 9.17) is 5.11 Å². The molecule has 0 aliphatic rings. The lowest BCUT2D eigenvalue weighted by Gasteiger charge is -2.09. The Kier molecular flexibility index (Phi) is 3.93. The normalized spacial score (nSPS) is 10.4. The number of carbonyl (C=O) groups is 1. The van der Waals surface area contributed by atoms with Crippen LogP contribution in [0.3, 0.4) is 0 Å². The van der Waals surface area contributed by atoms with Crippen LogP contribution in [-0.4, -0.2) is 16.1 Å². The molecule has 0 bridgehead atoms. The number of aromatic carboxylic acids is 1. The van der Waals surface area contributed by atoms with Gasteiger partial charge in [0.2, 0.25) is 0 Å². The number of halogens is 4. The zero-order chi connectivity index (χ0) is 14.9. The highest BCUT2D eigenvalue weighted by Gasteiger charge is 2.15. The van der Waals surface area contributed by atoms with Crippen LogP contribution in [0.1, 0.15) is 10.4 Å². The largest absolute Gasteiger partial charge is 0.478 e. The van der Waals surface area contributed by atoms with Crippen molar-refractivity contribution in [1.29, 1.82) is 0 Å². The number of nitrogens with zero attached hydrogens (tertiary/aromatic N) is 1. The van der Waals surface area contributed by atoms with Crippen LogP contribution in [0.15, 0.2) is 28.9 Å². The predicted octanol–water partition coefficient (Wildman–Crippen LogP) is 3.70.